The molecule has 0 spiro atoms. The lowest BCUT2D eigenvalue weighted by Crippen LogP contribution is -2.51. The van der Waals surface area contributed by atoms with Gasteiger partial charge in [0.1, 0.15) is 5.75 Å². The van der Waals surface area contributed by atoms with Crippen LogP contribution in [-0.4, -0.2) is 29.9 Å². The Bertz CT molecular complexity index is 631. The second-order valence-electron chi connectivity index (χ2n) is 5.36. The van der Waals surface area contributed by atoms with Gasteiger partial charge in [-0.15, -0.1) is 0 Å². The number of carbonyl (C=O) groups excluding carboxylic acids is 3. The lowest BCUT2D eigenvalue weighted by atomic mass is 10.2. The van der Waals surface area contributed by atoms with Crippen molar-refractivity contribution in [3.8, 4) is 5.75 Å². The molecule has 1 aliphatic carbocycles. The van der Waals surface area contributed by atoms with Gasteiger partial charge in [0.15, 0.2) is 6.10 Å². The van der Waals surface area contributed by atoms with Crippen molar-refractivity contribution in [2.45, 2.75) is 38.8 Å². The molecule has 0 radical (unpaired) electrons. The molecular formula is C15H18ClN3O4. The monoisotopic (exact) mass is 339 g/mol. The summed E-state index contributed by atoms with van der Waals surface area (Å²) in [6, 6.07) is 5.09. The first-order chi connectivity index (χ1) is 10.9. The highest BCUT2D eigenvalue weighted by molar-refractivity contribution is 6.35. The first-order valence-electron chi connectivity index (χ1n) is 7.20. The zero-order chi connectivity index (χ0) is 17.0. The van der Waals surface area contributed by atoms with E-state index in [4.69, 9.17) is 16.3 Å². The lowest BCUT2D eigenvalue weighted by molar-refractivity contribution is -0.141. The predicted octanol–water partition coefficient (Wildman–Crippen LogP) is 0.842. The van der Waals surface area contributed by atoms with Gasteiger partial charge in [0.25, 0.3) is 5.91 Å². The number of nitrogens with one attached hydrogen (secondary N) is 3. The van der Waals surface area contributed by atoms with E-state index in [9.17, 15) is 14.4 Å². The van der Waals surface area contributed by atoms with Gasteiger partial charge in [-0.3, -0.25) is 25.2 Å². The van der Waals surface area contributed by atoms with E-state index >= 15 is 0 Å². The van der Waals surface area contributed by atoms with E-state index in [1.807, 2.05) is 0 Å². The van der Waals surface area contributed by atoms with Crippen LogP contribution in [0.1, 0.15) is 25.3 Å². The Morgan fingerprint density at radius 2 is 1.91 bits per heavy atom. The van der Waals surface area contributed by atoms with E-state index in [-0.39, 0.29) is 6.04 Å². The van der Waals surface area contributed by atoms with Crippen LogP contribution in [-0.2, 0) is 14.4 Å². The minimum atomic E-state index is -0.917. The normalized spacial score (nSPS) is 14.6. The molecule has 0 heterocycles. The third-order valence-corrected chi connectivity index (χ3v) is 3.46. The number of halogens is 1. The van der Waals surface area contributed by atoms with E-state index in [0.717, 1.165) is 18.4 Å². The molecule has 0 aromatic heterocycles. The standard InChI is InChI=1S/C15H18ClN3O4/c1-8-7-10(16)3-6-12(8)23-9(2)13(20)18-19-15(22)14(21)17-11-4-5-11/h3,6-7,9,11H,4-5H2,1-2H3,(H,17,21)(H,18,20)(H,19,22). The van der Waals surface area contributed by atoms with Crippen LogP contribution in [0.2, 0.25) is 5.02 Å². The molecule has 1 aliphatic rings. The molecule has 3 amide bonds. The van der Waals surface area contributed by atoms with Crippen molar-refractivity contribution in [3.63, 3.8) is 0 Å². The molecule has 0 aliphatic heterocycles. The third-order valence-electron chi connectivity index (χ3n) is 3.23. The van der Waals surface area contributed by atoms with Gasteiger partial charge in [-0.2, -0.15) is 0 Å². The van der Waals surface area contributed by atoms with Crippen molar-refractivity contribution in [1.82, 2.24) is 16.2 Å². The summed E-state index contributed by atoms with van der Waals surface area (Å²) in [6.45, 7) is 3.33. The van der Waals surface area contributed by atoms with Gasteiger partial charge in [-0.1, -0.05) is 11.6 Å². The Balaban J connectivity index is 1.79. The van der Waals surface area contributed by atoms with Gasteiger partial charge >= 0.3 is 11.8 Å². The number of hydrogen-bond acceptors (Lipinski definition) is 4. The average molecular weight is 340 g/mol. The summed E-state index contributed by atoms with van der Waals surface area (Å²) in [5, 5.41) is 3.08. The average Bonchev–Trinajstić information content (AvgIpc) is 3.30. The number of aryl methyl sites for hydroxylation is 1. The highest BCUT2D eigenvalue weighted by atomic mass is 35.5. The molecule has 1 saturated carbocycles. The van der Waals surface area contributed by atoms with Crippen LogP contribution in [0.15, 0.2) is 18.2 Å². The molecule has 2 rings (SSSR count). The van der Waals surface area contributed by atoms with Crippen LogP contribution < -0.4 is 20.9 Å². The summed E-state index contributed by atoms with van der Waals surface area (Å²) >= 11 is 5.85. The van der Waals surface area contributed by atoms with Crippen LogP contribution in [0.3, 0.4) is 0 Å². The summed E-state index contributed by atoms with van der Waals surface area (Å²) < 4.78 is 5.51. The predicted molar refractivity (Wildman–Crippen MR) is 83.7 cm³/mol. The quantitative estimate of drug-likeness (QED) is 0.559. The molecule has 8 heteroatoms. The first kappa shape index (κ1) is 17.1. The Kier molecular flexibility index (Phi) is 5.44. The molecule has 0 saturated heterocycles. The Hall–Kier alpha value is -2.28. The molecule has 1 unspecified atom stereocenters. The summed E-state index contributed by atoms with van der Waals surface area (Å²) in [5.74, 6) is -1.75. The van der Waals surface area contributed by atoms with Gasteiger partial charge in [0.05, 0.1) is 0 Å². The number of benzene rings is 1. The topological polar surface area (TPSA) is 96.5 Å². The fourth-order valence-corrected chi connectivity index (χ4v) is 1.97. The van der Waals surface area contributed by atoms with Gasteiger partial charge in [-0.25, -0.2) is 0 Å². The van der Waals surface area contributed by atoms with Gasteiger partial charge in [0.2, 0.25) is 0 Å². The molecule has 3 N–H and O–H groups in total. The van der Waals surface area contributed by atoms with Crippen LogP contribution >= 0.6 is 11.6 Å². The van der Waals surface area contributed by atoms with E-state index in [1.54, 1.807) is 25.1 Å². The van der Waals surface area contributed by atoms with Crippen molar-refractivity contribution in [2.24, 2.45) is 0 Å². The SMILES string of the molecule is Cc1cc(Cl)ccc1OC(C)C(=O)NNC(=O)C(=O)NC1CC1. The Labute approximate surface area is 138 Å². The lowest BCUT2D eigenvalue weighted by Gasteiger charge is -2.16. The number of amides is 3. The van der Waals surface area contributed by atoms with Crippen molar-refractivity contribution >= 4 is 29.3 Å². The molecule has 7 nitrogen and oxygen atoms in total. The molecular weight excluding hydrogens is 322 g/mol. The van der Waals surface area contributed by atoms with Gasteiger partial charge in [0, 0.05) is 11.1 Å². The highest BCUT2D eigenvalue weighted by Crippen LogP contribution is 2.22. The van der Waals surface area contributed by atoms with Crippen molar-refractivity contribution < 1.29 is 19.1 Å². The van der Waals surface area contributed by atoms with Crippen LogP contribution in [0.4, 0.5) is 0 Å². The van der Waals surface area contributed by atoms with Gasteiger partial charge in [-0.05, 0) is 50.5 Å². The fraction of sp³-hybridized carbons (Fsp3) is 0.400. The van der Waals surface area contributed by atoms with Crippen molar-refractivity contribution in [1.29, 1.82) is 0 Å². The Morgan fingerprint density at radius 1 is 1.22 bits per heavy atom. The molecule has 1 aromatic carbocycles. The molecule has 1 atom stereocenters. The number of ether oxygens (including phenoxy) is 1. The number of rotatable bonds is 4. The summed E-state index contributed by atoms with van der Waals surface area (Å²) in [7, 11) is 0. The largest absolute Gasteiger partial charge is 0.481 e. The minimum Gasteiger partial charge on any atom is -0.481 e. The van der Waals surface area contributed by atoms with Gasteiger partial charge < -0.3 is 10.1 Å². The second-order valence-corrected chi connectivity index (χ2v) is 5.80. The molecule has 23 heavy (non-hydrogen) atoms. The molecule has 124 valence electrons. The van der Waals surface area contributed by atoms with Crippen molar-refractivity contribution in [3.05, 3.63) is 28.8 Å². The Morgan fingerprint density at radius 3 is 2.52 bits per heavy atom. The summed E-state index contributed by atoms with van der Waals surface area (Å²) in [5.41, 5.74) is 4.99. The maximum atomic E-state index is 11.9. The zero-order valence-electron chi connectivity index (χ0n) is 12.8. The first-order valence-corrected chi connectivity index (χ1v) is 7.58. The second kappa shape index (κ2) is 7.32. The molecule has 0 bridgehead atoms. The molecule has 1 aromatic rings. The fourth-order valence-electron chi connectivity index (χ4n) is 1.74. The minimum absolute atomic E-state index is 0.0686. The zero-order valence-corrected chi connectivity index (χ0v) is 13.6. The molecule has 1 fully saturated rings. The number of hydrazine groups is 1. The number of hydrogen-bond donors (Lipinski definition) is 3. The number of carbonyl (C=O) groups is 3. The van der Waals surface area contributed by atoms with E-state index < -0.39 is 23.8 Å². The summed E-state index contributed by atoms with van der Waals surface area (Å²) in [4.78, 5) is 34.8. The highest BCUT2D eigenvalue weighted by Gasteiger charge is 2.26. The smallest absolute Gasteiger partial charge is 0.327 e. The summed E-state index contributed by atoms with van der Waals surface area (Å²) in [6.07, 6.45) is 0.884. The maximum Gasteiger partial charge on any atom is 0.327 e. The van der Waals surface area contributed by atoms with E-state index in [0.29, 0.717) is 10.8 Å². The van der Waals surface area contributed by atoms with Crippen LogP contribution in [0.25, 0.3) is 0 Å². The van der Waals surface area contributed by atoms with Crippen molar-refractivity contribution in [2.75, 3.05) is 0 Å². The van der Waals surface area contributed by atoms with E-state index in [1.165, 1.54) is 6.92 Å². The third kappa shape index (κ3) is 5.14. The van der Waals surface area contributed by atoms with Crippen LogP contribution in [0.5, 0.6) is 5.75 Å². The van der Waals surface area contributed by atoms with E-state index in [2.05, 4.69) is 16.2 Å². The maximum absolute atomic E-state index is 11.9. The van der Waals surface area contributed by atoms with Crippen LogP contribution in [0, 0.1) is 6.92 Å².